The van der Waals surface area contributed by atoms with Crippen LogP contribution in [0.15, 0.2) is 23.3 Å². The first-order chi connectivity index (χ1) is 7.11. The highest BCUT2D eigenvalue weighted by Gasteiger charge is 2.14. The van der Waals surface area contributed by atoms with Gasteiger partial charge in [-0.1, -0.05) is 0 Å². The van der Waals surface area contributed by atoms with Crippen molar-refractivity contribution in [2.24, 2.45) is 0 Å². The maximum Gasteiger partial charge on any atom is 0.263 e. The van der Waals surface area contributed by atoms with Crippen molar-refractivity contribution in [3.8, 4) is 5.75 Å². The first kappa shape index (κ1) is 9.39. The summed E-state index contributed by atoms with van der Waals surface area (Å²) in [5, 5.41) is 10.1. The first-order valence-electron chi connectivity index (χ1n) is 4.31. The van der Waals surface area contributed by atoms with Gasteiger partial charge in [0, 0.05) is 11.6 Å². The minimum Gasteiger partial charge on any atom is -0.506 e. The van der Waals surface area contributed by atoms with Crippen LogP contribution in [-0.2, 0) is 0 Å². The molecule has 0 fully saturated rings. The number of carbonyl (C=O) groups excluding carboxylic acids is 1. The number of H-pyrrole nitrogens is 1. The molecule has 0 unspecified atom stereocenters. The molecule has 2 heterocycles. The monoisotopic (exact) mass is 204 g/mol. The maximum absolute atomic E-state index is 11.4. The van der Waals surface area contributed by atoms with Gasteiger partial charge in [-0.3, -0.25) is 14.6 Å². The average Bonchev–Trinajstić information content (AvgIpc) is 2.17. The van der Waals surface area contributed by atoms with Crippen LogP contribution in [0.3, 0.4) is 0 Å². The number of nitrogens with one attached hydrogen (secondary N) is 1. The lowest BCUT2D eigenvalue weighted by Gasteiger charge is -2.03. The third-order valence-corrected chi connectivity index (χ3v) is 2.14. The zero-order valence-electron chi connectivity index (χ0n) is 7.94. The van der Waals surface area contributed by atoms with Crippen LogP contribution in [0.4, 0.5) is 0 Å². The predicted molar refractivity (Wildman–Crippen MR) is 54.0 cm³/mol. The highest BCUT2D eigenvalue weighted by atomic mass is 16.3. The summed E-state index contributed by atoms with van der Waals surface area (Å²) in [7, 11) is 0. The molecule has 0 aromatic carbocycles. The summed E-state index contributed by atoms with van der Waals surface area (Å²) in [5.74, 6) is -0.754. The molecule has 2 aromatic rings. The summed E-state index contributed by atoms with van der Waals surface area (Å²) in [6.45, 7) is 1.23. The minimum absolute atomic E-state index is 0.214. The van der Waals surface area contributed by atoms with E-state index in [1.165, 1.54) is 25.4 Å². The van der Waals surface area contributed by atoms with E-state index in [2.05, 4.69) is 9.97 Å². The van der Waals surface area contributed by atoms with Crippen molar-refractivity contribution >= 4 is 16.7 Å². The van der Waals surface area contributed by atoms with Gasteiger partial charge in [0.25, 0.3) is 5.56 Å². The van der Waals surface area contributed by atoms with Crippen molar-refractivity contribution in [3.63, 3.8) is 0 Å². The second-order valence-corrected chi connectivity index (χ2v) is 3.16. The second kappa shape index (κ2) is 3.20. The molecule has 2 rings (SSSR count). The summed E-state index contributed by atoms with van der Waals surface area (Å²) in [6.07, 6.45) is 2.89. The van der Waals surface area contributed by atoms with Gasteiger partial charge < -0.3 is 10.1 Å². The van der Waals surface area contributed by atoms with E-state index in [0.29, 0.717) is 10.9 Å². The number of aromatic hydroxyl groups is 1. The maximum atomic E-state index is 11.4. The normalized spacial score (nSPS) is 10.5. The Bertz CT molecular complexity index is 601. The summed E-state index contributed by atoms with van der Waals surface area (Å²) >= 11 is 0. The predicted octanol–water partition coefficient (Wildman–Crippen LogP) is 0.831. The van der Waals surface area contributed by atoms with Crippen molar-refractivity contribution < 1.29 is 9.90 Å². The molecule has 0 spiro atoms. The molecule has 0 saturated carbocycles. The van der Waals surface area contributed by atoms with E-state index in [1.807, 2.05) is 0 Å². The lowest BCUT2D eigenvalue weighted by atomic mass is 10.1. The molecule has 76 valence electrons. The van der Waals surface area contributed by atoms with E-state index in [1.54, 1.807) is 0 Å². The van der Waals surface area contributed by atoms with Crippen molar-refractivity contribution in [2.45, 2.75) is 6.92 Å². The van der Waals surface area contributed by atoms with Crippen LogP contribution < -0.4 is 5.56 Å². The summed E-state index contributed by atoms with van der Waals surface area (Å²) < 4.78 is 0. The first-order valence-corrected chi connectivity index (χ1v) is 4.31. The fourth-order valence-corrected chi connectivity index (χ4v) is 1.45. The molecule has 0 aliphatic heterocycles. The van der Waals surface area contributed by atoms with Gasteiger partial charge in [-0.15, -0.1) is 0 Å². The van der Waals surface area contributed by atoms with Gasteiger partial charge >= 0.3 is 0 Å². The number of aromatic amines is 1. The molecule has 0 saturated heterocycles. The molecule has 15 heavy (non-hydrogen) atoms. The quantitative estimate of drug-likeness (QED) is 0.674. The molecule has 0 bridgehead atoms. The van der Waals surface area contributed by atoms with Gasteiger partial charge in [-0.25, -0.2) is 0 Å². The molecule has 2 N–H and O–H groups in total. The molecule has 0 aliphatic rings. The summed E-state index contributed by atoms with van der Waals surface area (Å²) in [5.41, 5.74) is -0.404. The Balaban J connectivity index is 2.97. The number of hydrogen-bond donors (Lipinski definition) is 2. The summed E-state index contributed by atoms with van der Waals surface area (Å²) in [4.78, 5) is 28.9. The Morgan fingerprint density at radius 2 is 2.27 bits per heavy atom. The van der Waals surface area contributed by atoms with E-state index in [-0.39, 0.29) is 11.3 Å². The van der Waals surface area contributed by atoms with Crippen LogP contribution in [0.2, 0.25) is 0 Å². The van der Waals surface area contributed by atoms with Crippen molar-refractivity contribution in [1.82, 2.24) is 9.97 Å². The van der Waals surface area contributed by atoms with Gasteiger partial charge in [-0.2, -0.15) is 0 Å². The molecular weight excluding hydrogens is 196 g/mol. The lowest BCUT2D eigenvalue weighted by molar-refractivity contribution is 0.101. The molecule has 0 atom stereocenters. The largest absolute Gasteiger partial charge is 0.506 e. The smallest absolute Gasteiger partial charge is 0.263 e. The van der Waals surface area contributed by atoms with Gasteiger partial charge in [0.15, 0.2) is 5.78 Å². The number of nitrogens with zero attached hydrogens (tertiary/aromatic N) is 1. The van der Waals surface area contributed by atoms with E-state index in [0.717, 1.165) is 0 Å². The highest BCUT2D eigenvalue weighted by Crippen LogP contribution is 2.23. The molecule has 0 radical (unpaired) electrons. The van der Waals surface area contributed by atoms with E-state index >= 15 is 0 Å². The van der Waals surface area contributed by atoms with Gasteiger partial charge in [-0.05, 0) is 13.0 Å². The number of ketones is 1. The second-order valence-electron chi connectivity index (χ2n) is 3.16. The molecule has 5 heteroatoms. The average molecular weight is 204 g/mol. The van der Waals surface area contributed by atoms with Crippen LogP contribution >= 0.6 is 0 Å². The van der Waals surface area contributed by atoms with Crippen LogP contribution in [0.1, 0.15) is 17.3 Å². The van der Waals surface area contributed by atoms with Gasteiger partial charge in [0.05, 0.1) is 11.7 Å². The number of rotatable bonds is 1. The molecule has 5 nitrogen and oxygen atoms in total. The third-order valence-electron chi connectivity index (χ3n) is 2.14. The molecule has 0 aliphatic carbocycles. The molecule has 2 aromatic heterocycles. The third kappa shape index (κ3) is 1.38. The minimum atomic E-state index is -0.597. The molecular formula is C10H8N2O3. The topological polar surface area (TPSA) is 83.0 Å². The number of pyridine rings is 2. The number of carbonyl (C=O) groups is 1. The van der Waals surface area contributed by atoms with Crippen molar-refractivity contribution in [3.05, 3.63) is 34.4 Å². The highest BCUT2D eigenvalue weighted by molar-refractivity contribution is 6.01. The zero-order chi connectivity index (χ0) is 11.0. The Morgan fingerprint density at radius 1 is 1.53 bits per heavy atom. The fraction of sp³-hybridized carbons (Fsp3) is 0.100. The van der Waals surface area contributed by atoms with Gasteiger partial charge in [0.2, 0.25) is 0 Å². The van der Waals surface area contributed by atoms with E-state index in [9.17, 15) is 14.7 Å². The van der Waals surface area contributed by atoms with E-state index < -0.39 is 11.3 Å². The Morgan fingerprint density at radius 3 is 2.93 bits per heavy atom. The number of aromatic nitrogens is 2. The zero-order valence-corrected chi connectivity index (χ0v) is 7.94. The van der Waals surface area contributed by atoms with E-state index in [4.69, 9.17) is 0 Å². The standard InChI is InChI=1S/C10H8N2O3/c1-5(13)8-9(14)6-2-3-11-4-7(6)12-10(8)15/h2-4H,1H3,(H2,12,14,15). The number of Topliss-reactive ketones (excluding diaryl/α,β-unsaturated/α-hetero) is 1. The Labute approximate surface area is 84.4 Å². The SMILES string of the molecule is CC(=O)c1c(O)c2ccncc2[nH]c1=O. The number of hydrogen-bond acceptors (Lipinski definition) is 4. The van der Waals surface area contributed by atoms with Crippen LogP contribution in [0.5, 0.6) is 5.75 Å². The van der Waals surface area contributed by atoms with Crippen molar-refractivity contribution in [1.29, 1.82) is 0 Å². The van der Waals surface area contributed by atoms with Crippen LogP contribution in [0.25, 0.3) is 10.9 Å². The lowest BCUT2D eigenvalue weighted by Crippen LogP contribution is -2.16. The fourth-order valence-electron chi connectivity index (χ4n) is 1.45. The van der Waals surface area contributed by atoms with Gasteiger partial charge in [0.1, 0.15) is 11.3 Å². The Hall–Kier alpha value is -2.17. The van der Waals surface area contributed by atoms with Crippen molar-refractivity contribution in [2.75, 3.05) is 0 Å². The Kier molecular flexibility index (Phi) is 2.00. The molecule has 0 amide bonds. The number of fused-ring (bicyclic) bond motifs is 1. The van der Waals surface area contributed by atoms with Crippen LogP contribution in [0, 0.1) is 0 Å². The van der Waals surface area contributed by atoms with Crippen LogP contribution in [-0.4, -0.2) is 20.9 Å². The summed E-state index contributed by atoms with van der Waals surface area (Å²) in [6, 6.07) is 1.53.